The molecule has 25 heteroatoms. The minimum atomic E-state index is -5.70. The van der Waals surface area contributed by atoms with E-state index in [9.17, 15) is 74.9 Å². The molecule has 1 aliphatic carbocycles. The van der Waals surface area contributed by atoms with Crippen LogP contribution in [0.1, 0.15) is 284 Å². The van der Waals surface area contributed by atoms with Gasteiger partial charge in [0.25, 0.3) is 0 Å². The maximum Gasteiger partial charge on any atom is 0.472 e. The van der Waals surface area contributed by atoms with Gasteiger partial charge >= 0.3 is 25.7 Å². The summed E-state index contributed by atoms with van der Waals surface area (Å²) in [6.45, 7) is 3.41. The van der Waals surface area contributed by atoms with Crippen LogP contribution in [0.15, 0.2) is 24.3 Å². The van der Waals surface area contributed by atoms with Gasteiger partial charge in [-0.05, 0) is 70.6 Å². The molecule has 0 aromatic rings. The van der Waals surface area contributed by atoms with E-state index in [0.29, 0.717) is 25.7 Å². The average molecular weight is 1410 g/mol. The van der Waals surface area contributed by atoms with Crippen LogP contribution in [0.25, 0.3) is 0 Å². The van der Waals surface area contributed by atoms with Crippen molar-refractivity contribution in [3.05, 3.63) is 24.3 Å². The molecule has 0 amide bonds. The molecule has 97 heavy (non-hydrogen) atoms. The summed E-state index contributed by atoms with van der Waals surface area (Å²) in [7, 11) is -5.70. The minimum absolute atomic E-state index is 0.00783. The zero-order valence-corrected chi connectivity index (χ0v) is 60.0. The lowest BCUT2D eigenvalue weighted by atomic mass is 9.84. The van der Waals surface area contributed by atoms with Crippen LogP contribution < -0.4 is 0 Å². The summed E-state index contributed by atoms with van der Waals surface area (Å²) in [6, 6.07) is 0. The Hall–Kier alpha value is -2.56. The van der Waals surface area contributed by atoms with Gasteiger partial charge in [-0.3, -0.25) is 23.4 Å². The molecule has 0 spiro atoms. The molecule has 568 valence electrons. The minimum Gasteiger partial charge on any atom is -0.463 e. The largest absolute Gasteiger partial charge is 0.472 e. The van der Waals surface area contributed by atoms with Crippen LogP contribution in [0.5, 0.6) is 0 Å². The normalized spacial score (nSPS) is 27.9. The van der Waals surface area contributed by atoms with Gasteiger partial charge in [0.15, 0.2) is 18.7 Å². The molecule has 24 nitrogen and oxygen atoms in total. The smallest absolute Gasteiger partial charge is 0.463 e. The number of aliphatic hydroxyl groups is 10. The first kappa shape index (κ1) is 88.7. The second-order valence-electron chi connectivity index (χ2n) is 27.0. The number of rotatable bonds is 58. The first-order valence-corrected chi connectivity index (χ1v) is 39.1. The second-order valence-corrected chi connectivity index (χ2v) is 28.4. The van der Waals surface area contributed by atoms with Crippen molar-refractivity contribution >= 4 is 25.7 Å². The third kappa shape index (κ3) is 37.4. The molecule has 2 saturated heterocycles. The number of ether oxygens (including phenoxy) is 7. The first-order chi connectivity index (χ1) is 46.8. The van der Waals surface area contributed by atoms with Crippen LogP contribution >= 0.6 is 7.82 Å². The van der Waals surface area contributed by atoms with E-state index in [-0.39, 0.29) is 19.3 Å². The van der Waals surface area contributed by atoms with E-state index in [4.69, 9.17) is 42.2 Å². The van der Waals surface area contributed by atoms with Crippen molar-refractivity contribution in [3.63, 3.8) is 0 Å². The molecule has 2 aliphatic heterocycles. The van der Waals surface area contributed by atoms with Crippen LogP contribution in [-0.2, 0) is 61.2 Å². The first-order valence-electron chi connectivity index (χ1n) is 37.6. The molecule has 1 saturated carbocycles. The summed E-state index contributed by atoms with van der Waals surface area (Å²) in [5.41, 5.74) is 0. The standard InChI is InChI=1S/C72H131O24P/c1-4-7-10-13-16-19-22-25-28-31-34-37-40-43-46-56(74)88-50-53(91-58(76)48-45-42-39-36-33-30-27-24-21-18-15-12-9-6-3)51-90-97(86,87)96-70-68(94-71-66(84)61(79)59(77)54(49-73)92-71)64(82)63(81)65(83)69(70)95-72-67(85)62(80)60(78)55(93-72)52-89-57(75)47-44-41-38-35-32-29-26-23-20-17-14-11-8-5-2/h29-30,32-33,53-55,59-73,77-85H,4-28,31,34-52H2,1-3H3,(H,86,87)/b32-29-,33-30-. The highest BCUT2D eigenvalue weighted by Crippen LogP contribution is 2.49. The predicted molar refractivity (Wildman–Crippen MR) is 365 cm³/mol. The molecule has 2 heterocycles. The van der Waals surface area contributed by atoms with Crippen molar-refractivity contribution in [2.75, 3.05) is 26.4 Å². The Morgan fingerprint density at radius 1 is 0.392 bits per heavy atom. The van der Waals surface area contributed by atoms with Crippen LogP contribution in [-0.4, -0.2) is 204 Å². The fourth-order valence-electron chi connectivity index (χ4n) is 12.3. The van der Waals surface area contributed by atoms with Gasteiger partial charge in [-0.1, -0.05) is 218 Å². The third-order valence-corrected chi connectivity index (χ3v) is 19.4. The van der Waals surface area contributed by atoms with Gasteiger partial charge in [-0.15, -0.1) is 0 Å². The Kier molecular flexibility index (Phi) is 49.5. The fourth-order valence-corrected chi connectivity index (χ4v) is 13.2. The predicted octanol–water partition coefficient (Wildman–Crippen LogP) is 10.1. The van der Waals surface area contributed by atoms with Gasteiger partial charge in [-0.2, -0.15) is 0 Å². The lowest BCUT2D eigenvalue weighted by molar-refractivity contribution is -0.360. The zero-order chi connectivity index (χ0) is 71.1. The zero-order valence-electron chi connectivity index (χ0n) is 59.1. The third-order valence-electron chi connectivity index (χ3n) is 18.5. The Balaban J connectivity index is 1.74. The molecule has 18 atom stereocenters. The van der Waals surface area contributed by atoms with E-state index in [1.54, 1.807) is 0 Å². The number of hydrogen-bond acceptors (Lipinski definition) is 23. The highest BCUT2D eigenvalue weighted by Gasteiger charge is 2.58. The number of allylic oxidation sites excluding steroid dienone is 4. The quantitative estimate of drug-likeness (QED) is 0.00886. The summed E-state index contributed by atoms with van der Waals surface area (Å²) < 4.78 is 64.9. The number of aliphatic hydroxyl groups excluding tert-OH is 10. The summed E-state index contributed by atoms with van der Waals surface area (Å²) in [4.78, 5) is 50.9. The van der Waals surface area contributed by atoms with E-state index in [0.717, 1.165) is 89.9 Å². The maximum absolute atomic E-state index is 14.3. The molecule has 3 fully saturated rings. The van der Waals surface area contributed by atoms with Crippen LogP contribution in [0.2, 0.25) is 0 Å². The number of carbonyl (C=O) groups excluding carboxylic acids is 3. The molecule has 0 bridgehead atoms. The second kappa shape index (κ2) is 54.1. The molecule has 3 rings (SSSR count). The van der Waals surface area contributed by atoms with Crippen molar-refractivity contribution in [1.29, 1.82) is 0 Å². The summed E-state index contributed by atoms with van der Waals surface area (Å²) >= 11 is 0. The highest BCUT2D eigenvalue weighted by molar-refractivity contribution is 7.47. The summed E-state index contributed by atoms with van der Waals surface area (Å²) in [5, 5.41) is 110. The summed E-state index contributed by atoms with van der Waals surface area (Å²) in [6.07, 6.45) is 13.9. The van der Waals surface area contributed by atoms with Crippen molar-refractivity contribution in [2.24, 2.45) is 0 Å². The molecule has 3 aliphatic rings. The Bertz CT molecular complexity index is 2110. The molecule has 0 aromatic carbocycles. The Morgan fingerprint density at radius 2 is 0.722 bits per heavy atom. The number of phosphoric acid groups is 1. The molecule has 11 N–H and O–H groups in total. The van der Waals surface area contributed by atoms with Gasteiger partial charge in [0.1, 0.15) is 98.7 Å². The van der Waals surface area contributed by atoms with Gasteiger partial charge < -0.3 is 89.1 Å². The monoisotopic (exact) mass is 1410 g/mol. The van der Waals surface area contributed by atoms with E-state index in [1.807, 2.05) is 0 Å². The number of phosphoric ester groups is 1. The van der Waals surface area contributed by atoms with E-state index < -0.39 is 156 Å². The van der Waals surface area contributed by atoms with E-state index >= 15 is 0 Å². The number of hydrogen-bond donors (Lipinski definition) is 11. The van der Waals surface area contributed by atoms with Crippen LogP contribution in [0.4, 0.5) is 0 Å². The SMILES string of the molecule is CCCCCCCCC/C=C\CCCCCC(=O)OCC1OC(OC2C(O)C(O)C(O)C(OC3OC(CO)C(O)C(O)C3O)C2OP(=O)(O)OCC(COC(=O)CCCCCCCCCCCCCCCC)OC(=O)CCCCC/C=C\CCCCCCCCC)C(O)C(O)C1O. The lowest BCUT2D eigenvalue weighted by Gasteiger charge is -2.49. The Morgan fingerprint density at radius 3 is 1.12 bits per heavy atom. The van der Waals surface area contributed by atoms with Crippen LogP contribution in [0, 0.1) is 0 Å². The molecule has 0 aromatic heterocycles. The van der Waals surface area contributed by atoms with Gasteiger partial charge in [-0.25, -0.2) is 4.57 Å². The fraction of sp³-hybridized carbons (Fsp3) is 0.903. The topological polar surface area (TPSA) is 374 Å². The lowest BCUT2D eigenvalue weighted by Crippen LogP contribution is -2.69. The van der Waals surface area contributed by atoms with Gasteiger partial charge in [0.2, 0.25) is 0 Å². The average Bonchev–Trinajstić information content (AvgIpc) is 0.763. The molecular formula is C72H131O24P. The van der Waals surface area contributed by atoms with Crippen molar-refractivity contribution in [2.45, 2.75) is 388 Å². The van der Waals surface area contributed by atoms with Gasteiger partial charge in [0.05, 0.1) is 13.2 Å². The number of esters is 3. The number of unbranched alkanes of at least 4 members (excludes halogenated alkanes) is 33. The van der Waals surface area contributed by atoms with Crippen LogP contribution in [0.3, 0.4) is 0 Å². The maximum atomic E-state index is 14.3. The number of carbonyl (C=O) groups is 3. The van der Waals surface area contributed by atoms with E-state index in [1.165, 1.54) is 128 Å². The van der Waals surface area contributed by atoms with Crippen molar-refractivity contribution in [3.8, 4) is 0 Å². The molecule has 18 unspecified atom stereocenters. The Labute approximate surface area is 579 Å². The highest BCUT2D eigenvalue weighted by atomic mass is 31.2. The van der Waals surface area contributed by atoms with Crippen molar-refractivity contribution in [1.82, 2.24) is 0 Å². The molecule has 0 radical (unpaired) electrons. The van der Waals surface area contributed by atoms with Gasteiger partial charge in [0, 0.05) is 19.3 Å². The van der Waals surface area contributed by atoms with Crippen molar-refractivity contribution < 1.29 is 117 Å². The molecular weight excluding hydrogens is 1280 g/mol. The summed E-state index contributed by atoms with van der Waals surface area (Å²) in [5.74, 6) is -2.02. The van der Waals surface area contributed by atoms with E-state index in [2.05, 4.69) is 45.1 Å².